The lowest BCUT2D eigenvalue weighted by molar-refractivity contribution is -0.0438. The molecule has 102 valence electrons. The molecule has 1 heterocycles. The van der Waals surface area contributed by atoms with E-state index in [1.54, 1.807) is 24.3 Å². The summed E-state index contributed by atoms with van der Waals surface area (Å²) < 4.78 is 61.1. The molecule has 0 unspecified atom stereocenters. The molecular formula is C9H5F3IN3O2S. The zero-order chi connectivity index (χ0) is 14.3. The largest absolute Gasteiger partial charge is 0.503 e. The molecule has 0 saturated carbocycles. The van der Waals surface area contributed by atoms with Crippen LogP contribution in [0.5, 0.6) is 0 Å². The summed E-state index contributed by atoms with van der Waals surface area (Å²) in [5.74, 6) is 0. The molecule has 2 rings (SSSR count). The second kappa shape index (κ2) is 4.74. The second-order valence-corrected chi connectivity index (χ2v) is 6.56. The number of benzene rings is 1. The molecule has 1 aromatic carbocycles. The average molecular weight is 403 g/mol. The molecule has 0 saturated heterocycles. The van der Waals surface area contributed by atoms with Crippen LogP contribution in [0, 0.1) is 3.57 Å². The van der Waals surface area contributed by atoms with Gasteiger partial charge in [-0.1, -0.05) is 5.21 Å². The molecule has 10 heteroatoms. The van der Waals surface area contributed by atoms with Crippen molar-refractivity contribution in [2.24, 2.45) is 0 Å². The Hall–Kier alpha value is -1.17. The van der Waals surface area contributed by atoms with E-state index in [9.17, 15) is 21.6 Å². The van der Waals surface area contributed by atoms with Gasteiger partial charge >= 0.3 is 5.51 Å². The van der Waals surface area contributed by atoms with Gasteiger partial charge < -0.3 is 0 Å². The average Bonchev–Trinajstić information content (AvgIpc) is 2.78. The predicted molar refractivity (Wildman–Crippen MR) is 67.3 cm³/mol. The maximum atomic E-state index is 12.3. The molecule has 0 aliphatic heterocycles. The molecule has 2 aromatic rings. The summed E-state index contributed by atoms with van der Waals surface area (Å²) in [6, 6.07) is 6.58. The molecule has 0 fully saturated rings. The Morgan fingerprint density at radius 3 is 2.26 bits per heavy atom. The highest BCUT2D eigenvalue weighted by atomic mass is 127. The molecule has 0 atom stereocenters. The van der Waals surface area contributed by atoms with Crippen LogP contribution in [0.4, 0.5) is 13.2 Å². The highest BCUT2D eigenvalue weighted by Crippen LogP contribution is 2.29. The van der Waals surface area contributed by atoms with Crippen LogP contribution in [0.25, 0.3) is 5.69 Å². The van der Waals surface area contributed by atoms with Crippen LogP contribution in [0.1, 0.15) is 0 Å². The molecule has 0 radical (unpaired) electrons. The van der Waals surface area contributed by atoms with Gasteiger partial charge in [0.05, 0.1) is 11.9 Å². The molecule has 1 aromatic heterocycles. The number of nitrogens with zero attached hydrogens (tertiary/aromatic N) is 3. The third kappa shape index (κ3) is 2.73. The number of alkyl halides is 3. The van der Waals surface area contributed by atoms with E-state index in [-0.39, 0.29) is 0 Å². The topological polar surface area (TPSA) is 64.8 Å². The third-order valence-electron chi connectivity index (χ3n) is 2.14. The van der Waals surface area contributed by atoms with Crippen molar-refractivity contribution in [2.75, 3.05) is 0 Å². The van der Waals surface area contributed by atoms with E-state index in [4.69, 9.17) is 0 Å². The van der Waals surface area contributed by atoms with E-state index < -0.39 is 20.4 Å². The summed E-state index contributed by atoms with van der Waals surface area (Å²) in [5, 5.41) is 5.31. The Labute approximate surface area is 119 Å². The van der Waals surface area contributed by atoms with Gasteiger partial charge in [0.2, 0.25) is 5.03 Å². The number of halogens is 4. The fourth-order valence-electron chi connectivity index (χ4n) is 1.21. The van der Waals surface area contributed by atoms with Crippen molar-refractivity contribution < 1.29 is 21.6 Å². The van der Waals surface area contributed by atoms with E-state index in [0.29, 0.717) is 5.69 Å². The second-order valence-electron chi connectivity index (χ2n) is 3.43. The first-order valence-corrected chi connectivity index (χ1v) is 7.27. The summed E-state index contributed by atoms with van der Waals surface area (Å²) in [7, 11) is -5.47. The fourth-order valence-corrected chi connectivity index (χ4v) is 2.19. The van der Waals surface area contributed by atoms with Crippen LogP contribution in [0.15, 0.2) is 35.5 Å². The third-order valence-corrected chi connectivity index (χ3v) is 4.21. The van der Waals surface area contributed by atoms with Crippen molar-refractivity contribution in [3.05, 3.63) is 34.0 Å². The number of hydrogen-bond donors (Lipinski definition) is 0. The van der Waals surface area contributed by atoms with E-state index in [1.807, 2.05) is 0 Å². The SMILES string of the molecule is O=S(=O)(c1cn(-c2ccc(I)cc2)nn1)C(F)(F)F. The maximum absolute atomic E-state index is 12.3. The lowest BCUT2D eigenvalue weighted by Gasteiger charge is -2.03. The highest BCUT2D eigenvalue weighted by Gasteiger charge is 2.48. The van der Waals surface area contributed by atoms with Crippen molar-refractivity contribution in [2.45, 2.75) is 10.5 Å². The molecule has 0 aliphatic rings. The van der Waals surface area contributed by atoms with Gasteiger partial charge in [-0.05, 0) is 46.9 Å². The standard InChI is InChI=1S/C9H5F3IN3O2S/c10-9(11,12)19(17,18)8-5-16(15-14-8)7-3-1-6(13)2-4-7/h1-5H. The number of aromatic nitrogens is 3. The molecule has 5 nitrogen and oxygen atoms in total. The van der Waals surface area contributed by atoms with Crippen LogP contribution in [0.2, 0.25) is 0 Å². The number of rotatable bonds is 2. The number of sulfone groups is 1. The Morgan fingerprint density at radius 2 is 1.74 bits per heavy atom. The summed E-state index contributed by atoms with van der Waals surface area (Å²) in [6.45, 7) is 0. The zero-order valence-corrected chi connectivity index (χ0v) is 11.9. The Morgan fingerprint density at radius 1 is 1.16 bits per heavy atom. The monoisotopic (exact) mass is 403 g/mol. The number of hydrogen-bond acceptors (Lipinski definition) is 4. The van der Waals surface area contributed by atoms with Crippen molar-refractivity contribution >= 4 is 32.4 Å². The van der Waals surface area contributed by atoms with Crippen molar-refractivity contribution in [3.63, 3.8) is 0 Å². The Bertz CT molecular complexity index is 694. The minimum Gasteiger partial charge on any atom is -0.219 e. The van der Waals surface area contributed by atoms with Crippen molar-refractivity contribution in [3.8, 4) is 5.69 Å². The fraction of sp³-hybridized carbons (Fsp3) is 0.111. The molecular weight excluding hydrogens is 398 g/mol. The van der Waals surface area contributed by atoms with Crippen LogP contribution < -0.4 is 0 Å². The molecule has 19 heavy (non-hydrogen) atoms. The summed E-state index contributed by atoms with van der Waals surface area (Å²) >= 11 is 2.05. The summed E-state index contributed by atoms with van der Waals surface area (Å²) in [5.41, 5.74) is -4.98. The molecule has 0 bridgehead atoms. The zero-order valence-electron chi connectivity index (χ0n) is 8.96. The molecule has 0 N–H and O–H groups in total. The van der Waals surface area contributed by atoms with E-state index in [2.05, 4.69) is 32.9 Å². The van der Waals surface area contributed by atoms with Gasteiger partial charge in [0, 0.05) is 3.57 Å². The summed E-state index contributed by atoms with van der Waals surface area (Å²) in [4.78, 5) is 0. The Balaban J connectivity index is 2.43. The first kappa shape index (κ1) is 14.2. The highest BCUT2D eigenvalue weighted by molar-refractivity contribution is 14.1. The van der Waals surface area contributed by atoms with Gasteiger partial charge in [0.25, 0.3) is 9.84 Å². The first-order chi connectivity index (χ1) is 8.72. The molecule has 0 spiro atoms. The first-order valence-electron chi connectivity index (χ1n) is 4.71. The minimum absolute atomic E-state index is 0.413. The summed E-state index contributed by atoms with van der Waals surface area (Å²) in [6.07, 6.45) is 0.727. The molecule has 0 aliphatic carbocycles. The minimum atomic E-state index is -5.47. The van der Waals surface area contributed by atoms with E-state index in [0.717, 1.165) is 14.4 Å². The Kier molecular flexibility index (Phi) is 3.55. The van der Waals surface area contributed by atoms with Crippen molar-refractivity contribution in [1.82, 2.24) is 15.0 Å². The van der Waals surface area contributed by atoms with Gasteiger partial charge in [0.15, 0.2) is 0 Å². The smallest absolute Gasteiger partial charge is 0.219 e. The van der Waals surface area contributed by atoms with Gasteiger partial charge in [-0.2, -0.15) is 13.2 Å². The van der Waals surface area contributed by atoms with Crippen LogP contribution >= 0.6 is 22.6 Å². The molecule has 0 amide bonds. The maximum Gasteiger partial charge on any atom is 0.503 e. The van der Waals surface area contributed by atoms with Crippen LogP contribution in [-0.2, 0) is 9.84 Å². The van der Waals surface area contributed by atoms with Crippen LogP contribution in [0.3, 0.4) is 0 Å². The van der Waals surface area contributed by atoms with Gasteiger partial charge in [0.1, 0.15) is 0 Å². The van der Waals surface area contributed by atoms with E-state index in [1.165, 1.54) is 0 Å². The van der Waals surface area contributed by atoms with Crippen molar-refractivity contribution in [1.29, 1.82) is 0 Å². The quantitative estimate of drug-likeness (QED) is 0.722. The lowest BCUT2D eigenvalue weighted by Crippen LogP contribution is -2.23. The van der Waals surface area contributed by atoms with Gasteiger partial charge in [-0.25, -0.2) is 13.1 Å². The lowest BCUT2D eigenvalue weighted by atomic mass is 10.3. The van der Waals surface area contributed by atoms with Gasteiger partial charge in [-0.15, -0.1) is 5.10 Å². The normalized spacial score (nSPS) is 12.6. The van der Waals surface area contributed by atoms with Crippen LogP contribution in [-0.4, -0.2) is 28.9 Å². The van der Waals surface area contributed by atoms with E-state index >= 15 is 0 Å². The predicted octanol–water partition coefficient (Wildman–Crippen LogP) is 2.17. The van der Waals surface area contributed by atoms with Gasteiger partial charge in [-0.3, -0.25) is 0 Å².